The maximum absolute atomic E-state index is 13.9. The lowest BCUT2D eigenvalue weighted by Crippen LogP contribution is -2.00. The van der Waals surface area contributed by atoms with Crippen LogP contribution in [0.25, 0.3) is 16.9 Å². The van der Waals surface area contributed by atoms with Crippen LogP contribution in [0.5, 0.6) is 5.88 Å². The molecule has 0 aliphatic heterocycles. The van der Waals surface area contributed by atoms with Crippen molar-refractivity contribution in [2.24, 2.45) is 0 Å². The van der Waals surface area contributed by atoms with Gasteiger partial charge in [-0.05, 0) is 55.1 Å². The molecule has 0 unspecified atom stereocenters. The maximum atomic E-state index is 13.9. The Bertz CT molecular complexity index is 1300. The molecule has 150 valence electrons. The molecule has 0 spiro atoms. The van der Waals surface area contributed by atoms with Crippen LogP contribution < -0.4 is 9.46 Å². The highest BCUT2D eigenvalue weighted by Gasteiger charge is 2.12. The summed E-state index contributed by atoms with van der Waals surface area (Å²) in [5, 5.41) is 4.60. The average Bonchev–Trinajstić information content (AvgIpc) is 3.15. The van der Waals surface area contributed by atoms with Gasteiger partial charge in [-0.1, -0.05) is 5.92 Å². The number of halogens is 2. The number of methoxy groups -OCH3 is 1. The van der Waals surface area contributed by atoms with Crippen molar-refractivity contribution in [3.8, 4) is 29.0 Å². The van der Waals surface area contributed by atoms with Gasteiger partial charge in [0.2, 0.25) is 5.88 Å². The minimum atomic E-state index is -0.660. The lowest BCUT2D eigenvalue weighted by atomic mass is 10.2. The Morgan fingerprint density at radius 1 is 1.10 bits per heavy atom. The molecule has 3 heterocycles. The summed E-state index contributed by atoms with van der Waals surface area (Å²) in [7, 11) is 1.49. The van der Waals surface area contributed by atoms with Crippen molar-refractivity contribution < 1.29 is 13.5 Å². The van der Waals surface area contributed by atoms with Crippen molar-refractivity contribution in [2.75, 3.05) is 11.8 Å². The number of anilines is 1. The van der Waals surface area contributed by atoms with Gasteiger partial charge in [0.25, 0.3) is 0 Å². The second kappa shape index (κ2) is 8.39. The van der Waals surface area contributed by atoms with E-state index < -0.39 is 11.6 Å². The molecule has 9 heteroatoms. The van der Waals surface area contributed by atoms with Crippen LogP contribution in [0.1, 0.15) is 12.6 Å². The van der Waals surface area contributed by atoms with E-state index in [0.29, 0.717) is 34.2 Å². The summed E-state index contributed by atoms with van der Waals surface area (Å²) in [6.07, 6.45) is 3.29. The van der Waals surface area contributed by atoms with Crippen molar-refractivity contribution in [1.29, 1.82) is 0 Å². The van der Waals surface area contributed by atoms with Crippen LogP contribution in [0.2, 0.25) is 0 Å². The molecule has 30 heavy (non-hydrogen) atoms. The Morgan fingerprint density at radius 2 is 1.97 bits per heavy atom. The van der Waals surface area contributed by atoms with Crippen molar-refractivity contribution in [1.82, 2.24) is 19.6 Å². The van der Waals surface area contributed by atoms with E-state index in [1.165, 1.54) is 19.2 Å². The molecular formula is C21H15F2N5OS. The van der Waals surface area contributed by atoms with Gasteiger partial charge in [0.1, 0.15) is 23.0 Å². The number of nitrogens with one attached hydrogen (secondary N) is 1. The van der Waals surface area contributed by atoms with E-state index in [0.717, 1.165) is 18.0 Å². The van der Waals surface area contributed by atoms with E-state index in [1.54, 1.807) is 29.9 Å². The molecule has 0 aliphatic rings. The van der Waals surface area contributed by atoms with Gasteiger partial charge < -0.3 is 9.46 Å². The number of fused-ring (bicyclic) bond motifs is 1. The molecule has 0 amide bonds. The lowest BCUT2D eigenvalue weighted by Gasteiger charge is -2.11. The average molecular weight is 423 g/mol. The van der Waals surface area contributed by atoms with E-state index >= 15 is 0 Å². The van der Waals surface area contributed by atoms with Gasteiger partial charge in [-0.3, -0.25) is 0 Å². The number of imidazole rings is 1. The minimum absolute atomic E-state index is 0.240. The summed E-state index contributed by atoms with van der Waals surface area (Å²) >= 11 is 0.990. The SMILES string of the molecule is CC#Cc1cnc2ccc(-c3cnc(OC)c(NSc4ccc(F)cc4F)c3)nn12. The van der Waals surface area contributed by atoms with Crippen LogP contribution in [0.3, 0.4) is 0 Å². The molecule has 0 fully saturated rings. The van der Waals surface area contributed by atoms with Crippen LogP contribution >= 0.6 is 11.9 Å². The van der Waals surface area contributed by atoms with Gasteiger partial charge in [0.15, 0.2) is 5.65 Å². The Morgan fingerprint density at radius 3 is 2.73 bits per heavy atom. The zero-order chi connectivity index (χ0) is 21.1. The molecule has 0 saturated carbocycles. The molecule has 0 radical (unpaired) electrons. The summed E-state index contributed by atoms with van der Waals surface area (Å²) in [4.78, 5) is 8.82. The van der Waals surface area contributed by atoms with Crippen molar-refractivity contribution in [2.45, 2.75) is 11.8 Å². The fourth-order valence-electron chi connectivity index (χ4n) is 2.74. The van der Waals surface area contributed by atoms with Crippen LogP contribution in [0, 0.1) is 23.5 Å². The molecule has 0 saturated heterocycles. The zero-order valence-corrected chi connectivity index (χ0v) is 16.8. The van der Waals surface area contributed by atoms with Gasteiger partial charge in [-0.2, -0.15) is 5.10 Å². The highest BCUT2D eigenvalue weighted by Crippen LogP contribution is 2.32. The topological polar surface area (TPSA) is 64.3 Å². The predicted octanol–water partition coefficient (Wildman–Crippen LogP) is 4.57. The first-order chi connectivity index (χ1) is 14.6. The van der Waals surface area contributed by atoms with E-state index in [9.17, 15) is 8.78 Å². The number of aromatic nitrogens is 4. The zero-order valence-electron chi connectivity index (χ0n) is 16.0. The Kier molecular flexibility index (Phi) is 5.50. The van der Waals surface area contributed by atoms with Crippen molar-refractivity contribution in [3.05, 3.63) is 66.1 Å². The smallest absolute Gasteiger partial charge is 0.237 e. The molecule has 0 atom stereocenters. The number of rotatable bonds is 5. The monoisotopic (exact) mass is 423 g/mol. The lowest BCUT2D eigenvalue weighted by molar-refractivity contribution is 0.400. The fraction of sp³-hybridized carbons (Fsp3) is 0.0952. The number of hydrogen-bond donors (Lipinski definition) is 1. The summed E-state index contributed by atoms with van der Waals surface area (Å²) in [5.41, 5.74) is 3.24. The number of benzene rings is 1. The van der Waals surface area contributed by atoms with Crippen molar-refractivity contribution >= 4 is 23.3 Å². The van der Waals surface area contributed by atoms with Gasteiger partial charge in [-0.15, -0.1) is 0 Å². The highest BCUT2D eigenvalue weighted by molar-refractivity contribution is 8.00. The van der Waals surface area contributed by atoms with E-state index in [1.807, 2.05) is 12.1 Å². The highest BCUT2D eigenvalue weighted by atomic mass is 32.2. The third-order valence-electron chi connectivity index (χ3n) is 4.12. The van der Waals surface area contributed by atoms with Gasteiger partial charge >= 0.3 is 0 Å². The first-order valence-electron chi connectivity index (χ1n) is 8.79. The number of pyridine rings is 1. The molecule has 4 rings (SSSR count). The Balaban J connectivity index is 1.67. The molecule has 6 nitrogen and oxygen atoms in total. The molecule has 1 aromatic carbocycles. The third-order valence-corrected chi connectivity index (χ3v) is 4.99. The van der Waals surface area contributed by atoms with E-state index in [4.69, 9.17) is 4.74 Å². The summed E-state index contributed by atoms with van der Waals surface area (Å²) in [6, 6.07) is 8.83. The first kappa shape index (κ1) is 19.7. The molecule has 3 aromatic heterocycles. The fourth-order valence-corrected chi connectivity index (χ4v) is 3.40. The second-order valence-electron chi connectivity index (χ2n) is 6.07. The quantitative estimate of drug-likeness (QED) is 0.375. The molecule has 0 aliphatic carbocycles. The van der Waals surface area contributed by atoms with E-state index in [2.05, 4.69) is 31.6 Å². The Labute approximate surface area is 175 Å². The minimum Gasteiger partial charge on any atom is -0.480 e. The molecule has 4 aromatic rings. The Hall–Kier alpha value is -3.64. The van der Waals surface area contributed by atoms with Crippen LogP contribution in [-0.4, -0.2) is 26.7 Å². The maximum Gasteiger partial charge on any atom is 0.237 e. The standard InChI is InChI=1S/C21H15F2N5OS/c1-3-4-15-12-24-20-8-6-17(26-28(15)20)13-9-18(21(29-2)25-11-13)27-30-19-7-5-14(22)10-16(19)23/h5-12,27H,1-2H3. The van der Waals surface area contributed by atoms with Crippen LogP contribution in [-0.2, 0) is 0 Å². The van der Waals surface area contributed by atoms with Gasteiger partial charge in [-0.25, -0.2) is 23.3 Å². The number of hydrogen-bond acceptors (Lipinski definition) is 6. The molecule has 0 bridgehead atoms. The normalized spacial score (nSPS) is 10.5. The van der Waals surface area contributed by atoms with Gasteiger partial charge in [0.05, 0.1) is 23.9 Å². The number of ether oxygens (including phenoxy) is 1. The predicted molar refractivity (Wildman–Crippen MR) is 111 cm³/mol. The van der Waals surface area contributed by atoms with Crippen LogP contribution in [0.15, 0.2) is 53.7 Å². The summed E-state index contributed by atoms with van der Waals surface area (Å²) in [5.74, 6) is 4.84. The number of nitrogens with zero attached hydrogens (tertiary/aromatic N) is 4. The van der Waals surface area contributed by atoms with E-state index in [-0.39, 0.29) is 4.90 Å². The third kappa shape index (κ3) is 3.90. The van der Waals surface area contributed by atoms with Crippen LogP contribution in [0.4, 0.5) is 14.5 Å². The first-order valence-corrected chi connectivity index (χ1v) is 9.60. The second-order valence-corrected chi connectivity index (χ2v) is 6.91. The summed E-state index contributed by atoms with van der Waals surface area (Å²) < 4.78 is 37.0. The largest absolute Gasteiger partial charge is 0.480 e. The van der Waals surface area contributed by atoms with Gasteiger partial charge in [0, 0.05) is 17.8 Å². The molecular weight excluding hydrogens is 408 g/mol. The summed E-state index contributed by atoms with van der Waals surface area (Å²) in [6.45, 7) is 1.75. The van der Waals surface area contributed by atoms with Crippen molar-refractivity contribution in [3.63, 3.8) is 0 Å². The molecule has 1 N–H and O–H groups in total.